The van der Waals surface area contributed by atoms with Crippen molar-refractivity contribution in [1.82, 2.24) is 9.38 Å². The van der Waals surface area contributed by atoms with Gasteiger partial charge in [0, 0.05) is 24.2 Å². The van der Waals surface area contributed by atoms with E-state index in [9.17, 15) is 10.1 Å². The topological polar surface area (TPSA) is 67.4 Å². The Balaban J connectivity index is 1.85. The zero-order chi connectivity index (χ0) is 17.3. The third kappa shape index (κ3) is 2.92. The van der Waals surface area contributed by atoms with E-state index in [2.05, 4.69) is 11.1 Å². The standard InChI is InChI=1S/C16H8Cl3N3O2/c17-11-6-21-15(14(19)13(11)18)16(23)24-8-9-7-22-4-2-1-3-12(22)10(9)5-20/h1-4,6-7H,8H2. The van der Waals surface area contributed by atoms with Crippen LogP contribution in [0, 0.1) is 11.3 Å². The van der Waals surface area contributed by atoms with Gasteiger partial charge < -0.3 is 9.14 Å². The van der Waals surface area contributed by atoms with E-state index < -0.39 is 5.97 Å². The van der Waals surface area contributed by atoms with E-state index in [4.69, 9.17) is 39.5 Å². The first-order valence-corrected chi connectivity index (χ1v) is 7.81. The molecule has 120 valence electrons. The minimum absolute atomic E-state index is 0.0348. The molecule has 0 aliphatic carbocycles. The Kier molecular flexibility index (Phi) is 4.63. The van der Waals surface area contributed by atoms with Gasteiger partial charge in [-0.2, -0.15) is 5.26 Å². The highest BCUT2D eigenvalue weighted by molar-refractivity contribution is 6.48. The van der Waals surface area contributed by atoms with Crippen molar-refractivity contribution in [2.45, 2.75) is 6.61 Å². The quantitative estimate of drug-likeness (QED) is 0.626. The van der Waals surface area contributed by atoms with Gasteiger partial charge in [0.2, 0.25) is 0 Å². The number of hydrogen-bond acceptors (Lipinski definition) is 4. The molecule has 0 bridgehead atoms. The Morgan fingerprint density at radius 1 is 1.29 bits per heavy atom. The van der Waals surface area contributed by atoms with E-state index in [-0.39, 0.29) is 27.4 Å². The minimum Gasteiger partial charge on any atom is -0.456 e. The summed E-state index contributed by atoms with van der Waals surface area (Å²) in [6.07, 6.45) is 4.75. The van der Waals surface area contributed by atoms with E-state index in [1.165, 1.54) is 6.20 Å². The van der Waals surface area contributed by atoms with Gasteiger partial charge >= 0.3 is 5.97 Å². The summed E-state index contributed by atoms with van der Waals surface area (Å²) in [7, 11) is 0. The van der Waals surface area contributed by atoms with Gasteiger partial charge in [0.05, 0.1) is 26.1 Å². The first-order valence-electron chi connectivity index (χ1n) is 6.68. The third-order valence-corrected chi connectivity index (χ3v) is 4.58. The molecule has 3 aromatic heterocycles. The first kappa shape index (κ1) is 16.6. The van der Waals surface area contributed by atoms with E-state index >= 15 is 0 Å². The molecule has 0 spiro atoms. The molecule has 8 heteroatoms. The highest BCUT2D eigenvalue weighted by Gasteiger charge is 2.19. The molecular formula is C16H8Cl3N3O2. The lowest BCUT2D eigenvalue weighted by Crippen LogP contribution is -2.08. The van der Waals surface area contributed by atoms with Crippen LogP contribution in [0.5, 0.6) is 0 Å². The lowest BCUT2D eigenvalue weighted by molar-refractivity contribution is 0.0466. The average molecular weight is 381 g/mol. The number of rotatable bonds is 3. The largest absolute Gasteiger partial charge is 0.456 e. The Bertz CT molecular complexity index is 992. The number of carbonyl (C=O) groups is 1. The second-order valence-electron chi connectivity index (χ2n) is 4.79. The summed E-state index contributed by atoms with van der Waals surface area (Å²) in [6, 6.07) is 7.59. The number of nitriles is 1. The van der Waals surface area contributed by atoms with Crippen molar-refractivity contribution in [2.75, 3.05) is 0 Å². The molecule has 0 aromatic carbocycles. The molecule has 0 aliphatic rings. The summed E-state index contributed by atoms with van der Waals surface area (Å²) in [5.74, 6) is -0.752. The Morgan fingerprint density at radius 3 is 2.83 bits per heavy atom. The summed E-state index contributed by atoms with van der Waals surface area (Å²) < 4.78 is 6.99. The van der Waals surface area contributed by atoms with Gasteiger partial charge in [0.25, 0.3) is 0 Å². The van der Waals surface area contributed by atoms with E-state index in [0.717, 1.165) is 5.52 Å². The zero-order valence-corrected chi connectivity index (χ0v) is 14.2. The molecule has 0 radical (unpaired) electrons. The molecule has 0 saturated heterocycles. The molecule has 3 aromatic rings. The number of ether oxygens (including phenoxy) is 1. The fourth-order valence-corrected chi connectivity index (χ4v) is 2.77. The van der Waals surface area contributed by atoms with Crippen molar-refractivity contribution in [3.8, 4) is 6.07 Å². The minimum atomic E-state index is -0.752. The monoisotopic (exact) mass is 379 g/mol. The maximum absolute atomic E-state index is 12.2. The number of hydrogen-bond donors (Lipinski definition) is 0. The Hall–Kier alpha value is -2.26. The van der Waals surface area contributed by atoms with E-state index in [1.54, 1.807) is 22.9 Å². The highest BCUT2D eigenvalue weighted by atomic mass is 35.5. The van der Waals surface area contributed by atoms with Gasteiger partial charge in [0.1, 0.15) is 12.7 Å². The highest BCUT2D eigenvalue weighted by Crippen LogP contribution is 2.31. The van der Waals surface area contributed by atoms with Gasteiger partial charge in [0.15, 0.2) is 5.69 Å². The van der Waals surface area contributed by atoms with Crippen LogP contribution < -0.4 is 0 Å². The predicted octanol–water partition coefficient (Wildman–Crippen LogP) is 4.52. The number of carbonyl (C=O) groups excluding carboxylic acids is 1. The maximum Gasteiger partial charge on any atom is 0.358 e. The molecule has 0 fully saturated rings. The number of fused-ring (bicyclic) bond motifs is 1. The number of nitrogens with zero attached hydrogens (tertiary/aromatic N) is 3. The molecule has 0 atom stereocenters. The van der Waals surface area contributed by atoms with Crippen molar-refractivity contribution in [1.29, 1.82) is 5.26 Å². The van der Waals surface area contributed by atoms with Crippen molar-refractivity contribution in [3.05, 3.63) is 68.7 Å². The van der Waals surface area contributed by atoms with Crippen LogP contribution in [0.1, 0.15) is 21.6 Å². The molecule has 0 saturated carbocycles. The lowest BCUT2D eigenvalue weighted by Gasteiger charge is -2.06. The second kappa shape index (κ2) is 6.70. The number of aromatic nitrogens is 2. The van der Waals surface area contributed by atoms with Crippen molar-refractivity contribution in [3.63, 3.8) is 0 Å². The van der Waals surface area contributed by atoms with Crippen LogP contribution in [-0.4, -0.2) is 15.4 Å². The Labute approximate surface area is 151 Å². The van der Waals surface area contributed by atoms with Crippen LogP contribution in [0.4, 0.5) is 0 Å². The number of pyridine rings is 2. The first-order chi connectivity index (χ1) is 11.5. The summed E-state index contributed by atoms with van der Waals surface area (Å²) in [5, 5.41) is 9.43. The fourth-order valence-electron chi connectivity index (χ4n) is 2.21. The molecule has 0 N–H and O–H groups in total. The molecule has 3 rings (SSSR count). The van der Waals surface area contributed by atoms with Crippen LogP contribution in [0.25, 0.3) is 5.52 Å². The van der Waals surface area contributed by atoms with Gasteiger partial charge in [-0.05, 0) is 12.1 Å². The summed E-state index contributed by atoms with van der Waals surface area (Å²) in [6.45, 7) is -0.0956. The number of esters is 1. The van der Waals surface area contributed by atoms with Crippen LogP contribution >= 0.6 is 34.8 Å². The molecule has 0 aliphatic heterocycles. The van der Waals surface area contributed by atoms with E-state index in [0.29, 0.717) is 11.1 Å². The van der Waals surface area contributed by atoms with Crippen molar-refractivity contribution < 1.29 is 9.53 Å². The molecule has 0 amide bonds. The normalized spacial score (nSPS) is 10.6. The van der Waals surface area contributed by atoms with Crippen LogP contribution in [0.3, 0.4) is 0 Å². The fraction of sp³-hybridized carbons (Fsp3) is 0.0625. The predicted molar refractivity (Wildman–Crippen MR) is 90.5 cm³/mol. The zero-order valence-electron chi connectivity index (χ0n) is 12.0. The molecule has 24 heavy (non-hydrogen) atoms. The van der Waals surface area contributed by atoms with Gasteiger partial charge in [-0.3, -0.25) is 0 Å². The maximum atomic E-state index is 12.2. The number of halogens is 3. The summed E-state index contributed by atoms with van der Waals surface area (Å²) >= 11 is 17.6. The van der Waals surface area contributed by atoms with Crippen LogP contribution in [0.15, 0.2) is 36.8 Å². The lowest BCUT2D eigenvalue weighted by atomic mass is 10.2. The van der Waals surface area contributed by atoms with Gasteiger partial charge in [-0.15, -0.1) is 0 Å². The van der Waals surface area contributed by atoms with Crippen LogP contribution in [-0.2, 0) is 11.3 Å². The smallest absolute Gasteiger partial charge is 0.358 e. The molecule has 5 nitrogen and oxygen atoms in total. The van der Waals surface area contributed by atoms with Crippen molar-refractivity contribution in [2.24, 2.45) is 0 Å². The van der Waals surface area contributed by atoms with Crippen molar-refractivity contribution >= 4 is 46.3 Å². The second-order valence-corrected chi connectivity index (χ2v) is 5.96. The molecule has 0 unspecified atom stereocenters. The summed E-state index contributed by atoms with van der Waals surface area (Å²) in [5.41, 5.74) is 1.62. The molecule has 3 heterocycles. The average Bonchev–Trinajstić information content (AvgIpc) is 2.95. The summed E-state index contributed by atoms with van der Waals surface area (Å²) in [4.78, 5) is 16.0. The Morgan fingerprint density at radius 2 is 2.08 bits per heavy atom. The SMILES string of the molecule is N#Cc1c(COC(=O)c2ncc(Cl)c(Cl)c2Cl)cn2ccccc12. The third-order valence-electron chi connectivity index (χ3n) is 3.34. The van der Waals surface area contributed by atoms with Gasteiger partial charge in [-0.25, -0.2) is 9.78 Å². The van der Waals surface area contributed by atoms with Crippen LogP contribution in [0.2, 0.25) is 15.1 Å². The molecular weight excluding hydrogens is 373 g/mol. The van der Waals surface area contributed by atoms with E-state index in [1.807, 2.05) is 12.1 Å². The van der Waals surface area contributed by atoms with Gasteiger partial charge in [-0.1, -0.05) is 40.9 Å².